The molecule has 90 valence electrons. The summed E-state index contributed by atoms with van der Waals surface area (Å²) in [6.45, 7) is 2.18. The van der Waals surface area contributed by atoms with Gasteiger partial charge in [-0.25, -0.2) is 4.79 Å². The molecule has 1 aliphatic rings. The van der Waals surface area contributed by atoms with Crippen molar-refractivity contribution in [3.8, 4) is 0 Å². The standard InChI is InChI=1S/C12H14N2O3/c1-7-3-2-4-8(10(7)13)11(15)14-9-5-6-17-12(9)16/h2-4,9H,5-6,13H2,1H3,(H,14,15). The topological polar surface area (TPSA) is 81.4 Å². The Morgan fingerprint density at radius 1 is 1.53 bits per heavy atom. The Balaban J connectivity index is 2.14. The molecule has 1 fully saturated rings. The number of nitrogen functional groups attached to an aromatic ring is 1. The largest absolute Gasteiger partial charge is 0.464 e. The van der Waals surface area contributed by atoms with Gasteiger partial charge in [0.25, 0.3) is 5.91 Å². The van der Waals surface area contributed by atoms with E-state index in [9.17, 15) is 9.59 Å². The lowest BCUT2D eigenvalue weighted by Crippen LogP contribution is -2.38. The predicted molar refractivity (Wildman–Crippen MR) is 62.4 cm³/mol. The maximum Gasteiger partial charge on any atom is 0.328 e. The van der Waals surface area contributed by atoms with E-state index in [4.69, 9.17) is 10.5 Å². The van der Waals surface area contributed by atoms with Crippen LogP contribution in [0.1, 0.15) is 22.3 Å². The molecule has 0 radical (unpaired) electrons. The van der Waals surface area contributed by atoms with E-state index in [2.05, 4.69) is 5.32 Å². The molecular weight excluding hydrogens is 220 g/mol. The molecule has 5 nitrogen and oxygen atoms in total. The van der Waals surface area contributed by atoms with Crippen LogP contribution in [0.5, 0.6) is 0 Å². The fourth-order valence-electron chi connectivity index (χ4n) is 1.74. The third-order valence-corrected chi connectivity index (χ3v) is 2.81. The monoisotopic (exact) mass is 234 g/mol. The molecule has 0 aromatic heterocycles. The van der Waals surface area contributed by atoms with Gasteiger partial charge >= 0.3 is 5.97 Å². The molecule has 1 aromatic carbocycles. The smallest absolute Gasteiger partial charge is 0.328 e. The van der Waals surface area contributed by atoms with Gasteiger partial charge in [-0.1, -0.05) is 12.1 Å². The summed E-state index contributed by atoms with van der Waals surface area (Å²) in [5, 5.41) is 2.62. The number of anilines is 1. The molecule has 5 heteroatoms. The second kappa shape index (κ2) is 4.45. The number of aryl methyl sites for hydroxylation is 1. The Morgan fingerprint density at radius 3 is 2.94 bits per heavy atom. The summed E-state index contributed by atoms with van der Waals surface area (Å²) >= 11 is 0. The number of carbonyl (C=O) groups is 2. The van der Waals surface area contributed by atoms with Crippen LogP contribution in [0, 0.1) is 6.92 Å². The molecule has 1 aromatic rings. The van der Waals surface area contributed by atoms with Crippen molar-refractivity contribution in [3.05, 3.63) is 29.3 Å². The molecule has 0 spiro atoms. The fourth-order valence-corrected chi connectivity index (χ4v) is 1.74. The Hall–Kier alpha value is -2.04. The third kappa shape index (κ3) is 2.22. The Kier molecular flexibility index (Phi) is 2.99. The van der Waals surface area contributed by atoms with Gasteiger partial charge in [0, 0.05) is 12.1 Å². The first-order valence-corrected chi connectivity index (χ1v) is 5.42. The van der Waals surface area contributed by atoms with Gasteiger partial charge in [-0.15, -0.1) is 0 Å². The van der Waals surface area contributed by atoms with E-state index in [1.165, 1.54) is 0 Å². The van der Waals surface area contributed by atoms with Crippen molar-refractivity contribution < 1.29 is 14.3 Å². The lowest BCUT2D eigenvalue weighted by Gasteiger charge is -2.11. The average Bonchev–Trinajstić information content (AvgIpc) is 2.68. The number of ether oxygens (including phenoxy) is 1. The van der Waals surface area contributed by atoms with Crippen molar-refractivity contribution in [2.24, 2.45) is 0 Å². The molecule has 1 unspecified atom stereocenters. The average molecular weight is 234 g/mol. The fraction of sp³-hybridized carbons (Fsp3) is 0.333. The first kappa shape index (κ1) is 11.4. The predicted octanol–water partition coefficient (Wildman–Crippen LogP) is 0.623. The number of amides is 1. The second-order valence-corrected chi connectivity index (χ2v) is 4.02. The van der Waals surface area contributed by atoms with E-state index < -0.39 is 6.04 Å². The van der Waals surface area contributed by atoms with Crippen molar-refractivity contribution >= 4 is 17.6 Å². The number of hydrogen-bond donors (Lipinski definition) is 2. The summed E-state index contributed by atoms with van der Waals surface area (Å²) in [6, 6.07) is 4.67. The zero-order valence-electron chi connectivity index (χ0n) is 9.53. The van der Waals surface area contributed by atoms with Crippen molar-refractivity contribution in [2.45, 2.75) is 19.4 Å². The van der Waals surface area contributed by atoms with E-state index in [-0.39, 0.29) is 11.9 Å². The van der Waals surface area contributed by atoms with Crippen LogP contribution in [0.25, 0.3) is 0 Å². The van der Waals surface area contributed by atoms with Gasteiger partial charge in [0.05, 0.1) is 12.2 Å². The van der Waals surface area contributed by atoms with Crippen molar-refractivity contribution in [1.82, 2.24) is 5.32 Å². The number of rotatable bonds is 2. The Morgan fingerprint density at radius 2 is 2.29 bits per heavy atom. The summed E-state index contributed by atoms with van der Waals surface area (Å²) < 4.78 is 4.77. The van der Waals surface area contributed by atoms with E-state index in [0.29, 0.717) is 24.3 Å². The SMILES string of the molecule is Cc1cccc(C(=O)NC2CCOC2=O)c1N. The number of cyclic esters (lactones) is 1. The van der Waals surface area contributed by atoms with Crippen LogP contribution >= 0.6 is 0 Å². The zero-order valence-corrected chi connectivity index (χ0v) is 9.53. The van der Waals surface area contributed by atoms with Crippen molar-refractivity contribution in [3.63, 3.8) is 0 Å². The number of para-hydroxylation sites is 1. The Labute approximate surface area is 98.9 Å². The summed E-state index contributed by atoms with van der Waals surface area (Å²) in [5.41, 5.74) is 7.49. The maximum absolute atomic E-state index is 11.9. The number of carbonyl (C=O) groups excluding carboxylic acids is 2. The van der Waals surface area contributed by atoms with E-state index >= 15 is 0 Å². The molecule has 0 saturated carbocycles. The van der Waals surface area contributed by atoms with E-state index in [1.54, 1.807) is 12.1 Å². The van der Waals surface area contributed by atoms with Crippen LogP contribution in [0.4, 0.5) is 5.69 Å². The van der Waals surface area contributed by atoms with Gasteiger partial charge in [-0.05, 0) is 18.6 Å². The lowest BCUT2D eigenvalue weighted by molar-refractivity contribution is -0.139. The lowest BCUT2D eigenvalue weighted by atomic mass is 10.1. The molecule has 0 aliphatic carbocycles. The zero-order chi connectivity index (χ0) is 12.4. The number of benzene rings is 1. The molecule has 1 saturated heterocycles. The molecule has 1 aliphatic heterocycles. The van der Waals surface area contributed by atoms with Crippen LogP contribution in [0.2, 0.25) is 0 Å². The summed E-state index contributed by atoms with van der Waals surface area (Å²) in [7, 11) is 0. The molecule has 0 bridgehead atoms. The van der Waals surface area contributed by atoms with Gasteiger partial charge in [0.2, 0.25) is 0 Å². The van der Waals surface area contributed by atoms with Crippen LogP contribution in [-0.4, -0.2) is 24.5 Å². The number of nitrogens with two attached hydrogens (primary N) is 1. The molecule has 17 heavy (non-hydrogen) atoms. The first-order chi connectivity index (χ1) is 8.09. The van der Waals surface area contributed by atoms with Crippen LogP contribution in [0.3, 0.4) is 0 Å². The summed E-state index contributed by atoms with van der Waals surface area (Å²) in [4.78, 5) is 23.1. The highest BCUT2D eigenvalue weighted by Crippen LogP contribution is 2.17. The summed E-state index contributed by atoms with van der Waals surface area (Å²) in [5.74, 6) is -0.723. The van der Waals surface area contributed by atoms with Crippen molar-refractivity contribution in [2.75, 3.05) is 12.3 Å². The van der Waals surface area contributed by atoms with Gasteiger partial charge < -0.3 is 15.8 Å². The Bertz CT molecular complexity index is 471. The number of hydrogen-bond acceptors (Lipinski definition) is 4. The van der Waals surface area contributed by atoms with Crippen LogP contribution in [-0.2, 0) is 9.53 Å². The third-order valence-electron chi connectivity index (χ3n) is 2.81. The molecule has 1 atom stereocenters. The van der Waals surface area contributed by atoms with Crippen LogP contribution < -0.4 is 11.1 Å². The highest BCUT2D eigenvalue weighted by atomic mass is 16.5. The van der Waals surface area contributed by atoms with Gasteiger partial charge in [0.1, 0.15) is 6.04 Å². The van der Waals surface area contributed by atoms with Gasteiger partial charge in [0.15, 0.2) is 0 Å². The minimum atomic E-state index is -0.553. The van der Waals surface area contributed by atoms with Crippen LogP contribution in [0.15, 0.2) is 18.2 Å². The molecule has 2 rings (SSSR count). The molecular formula is C12H14N2O3. The molecule has 1 heterocycles. The highest BCUT2D eigenvalue weighted by Gasteiger charge is 2.28. The first-order valence-electron chi connectivity index (χ1n) is 5.42. The number of nitrogens with one attached hydrogen (secondary N) is 1. The van der Waals surface area contributed by atoms with E-state index in [0.717, 1.165) is 5.56 Å². The van der Waals surface area contributed by atoms with Gasteiger partial charge in [-0.2, -0.15) is 0 Å². The second-order valence-electron chi connectivity index (χ2n) is 4.02. The molecule has 1 amide bonds. The van der Waals surface area contributed by atoms with E-state index in [1.807, 2.05) is 13.0 Å². The highest BCUT2D eigenvalue weighted by molar-refractivity contribution is 6.01. The number of esters is 1. The van der Waals surface area contributed by atoms with Crippen molar-refractivity contribution in [1.29, 1.82) is 0 Å². The van der Waals surface area contributed by atoms with Gasteiger partial charge in [-0.3, -0.25) is 4.79 Å². The normalized spacial score (nSPS) is 18.9. The minimum Gasteiger partial charge on any atom is -0.464 e. The minimum absolute atomic E-state index is 0.338. The summed E-state index contributed by atoms with van der Waals surface area (Å²) in [6.07, 6.45) is 0.510. The quantitative estimate of drug-likeness (QED) is 0.580. The maximum atomic E-state index is 11.9. The molecule has 3 N–H and O–H groups in total.